The second-order valence-electron chi connectivity index (χ2n) is 6.20. The van der Waals surface area contributed by atoms with Crippen LogP contribution >= 0.6 is 11.3 Å². The Hall–Kier alpha value is -2.83. The maximum atomic E-state index is 12.3. The normalized spacial score (nSPS) is 13.3. The van der Waals surface area contributed by atoms with Crippen molar-refractivity contribution in [3.8, 4) is 11.5 Å². The molecule has 27 heavy (non-hydrogen) atoms. The number of ether oxygens (including phenoxy) is 2. The Balaban J connectivity index is 1.34. The largest absolute Gasteiger partial charge is 0.454 e. The van der Waals surface area contributed by atoms with Crippen molar-refractivity contribution in [2.75, 3.05) is 13.3 Å². The molecule has 5 nitrogen and oxygen atoms in total. The van der Waals surface area contributed by atoms with Crippen molar-refractivity contribution in [1.29, 1.82) is 0 Å². The maximum absolute atomic E-state index is 12.3. The van der Waals surface area contributed by atoms with Crippen LogP contribution in [0.1, 0.15) is 22.0 Å². The van der Waals surface area contributed by atoms with Crippen LogP contribution in [0.2, 0.25) is 0 Å². The summed E-state index contributed by atoms with van der Waals surface area (Å²) in [5.41, 5.74) is 2.12. The quantitative estimate of drug-likeness (QED) is 0.659. The highest BCUT2D eigenvalue weighted by atomic mass is 32.1. The molecule has 0 aliphatic carbocycles. The Morgan fingerprint density at radius 1 is 1.04 bits per heavy atom. The second-order valence-corrected chi connectivity index (χ2v) is 7.18. The molecule has 4 rings (SSSR count). The molecule has 1 aromatic heterocycles. The van der Waals surface area contributed by atoms with Crippen LogP contribution in [0.5, 0.6) is 11.5 Å². The van der Waals surface area contributed by atoms with Gasteiger partial charge >= 0.3 is 0 Å². The average molecular weight is 380 g/mol. The fraction of sp³-hybridized carbons (Fsp3) is 0.190. The van der Waals surface area contributed by atoms with E-state index in [2.05, 4.69) is 28.8 Å². The van der Waals surface area contributed by atoms with Gasteiger partial charge in [-0.05, 0) is 34.7 Å². The van der Waals surface area contributed by atoms with Crippen LogP contribution < -0.4 is 20.1 Å². The summed E-state index contributed by atoms with van der Waals surface area (Å²) in [5.74, 6) is 1.42. The van der Waals surface area contributed by atoms with Crippen LogP contribution in [-0.4, -0.2) is 19.2 Å². The maximum Gasteiger partial charge on any atom is 0.234 e. The molecule has 0 spiro atoms. The minimum absolute atomic E-state index is 0.00231. The van der Waals surface area contributed by atoms with Gasteiger partial charge in [0.25, 0.3) is 0 Å². The monoisotopic (exact) mass is 380 g/mol. The summed E-state index contributed by atoms with van der Waals surface area (Å²) < 4.78 is 10.7. The average Bonchev–Trinajstić information content (AvgIpc) is 3.39. The number of nitrogens with one attached hydrogen (secondary N) is 2. The number of rotatable bonds is 7. The minimum Gasteiger partial charge on any atom is -0.454 e. The van der Waals surface area contributed by atoms with Gasteiger partial charge in [-0.15, -0.1) is 11.3 Å². The first kappa shape index (κ1) is 17.6. The topological polar surface area (TPSA) is 59.6 Å². The molecule has 1 aliphatic heterocycles. The minimum atomic E-state index is -0.0508. The molecule has 0 bridgehead atoms. The molecule has 1 atom stereocenters. The van der Waals surface area contributed by atoms with Gasteiger partial charge in [-0.2, -0.15) is 0 Å². The zero-order valence-electron chi connectivity index (χ0n) is 14.7. The first-order chi connectivity index (χ1) is 13.3. The Morgan fingerprint density at radius 2 is 1.89 bits per heavy atom. The fourth-order valence-corrected chi connectivity index (χ4v) is 3.82. The molecular formula is C21H20N2O3S. The number of carbonyl (C=O) groups is 1. The Labute approximate surface area is 161 Å². The Morgan fingerprint density at radius 3 is 2.70 bits per heavy atom. The van der Waals surface area contributed by atoms with Crippen LogP contribution in [0.15, 0.2) is 66.0 Å². The van der Waals surface area contributed by atoms with Gasteiger partial charge in [0, 0.05) is 11.4 Å². The van der Waals surface area contributed by atoms with Gasteiger partial charge in [-0.1, -0.05) is 42.5 Å². The lowest BCUT2D eigenvalue weighted by Gasteiger charge is -2.18. The van der Waals surface area contributed by atoms with Crippen LogP contribution in [0.3, 0.4) is 0 Å². The molecule has 0 radical (unpaired) electrons. The zero-order chi connectivity index (χ0) is 18.5. The molecule has 138 valence electrons. The summed E-state index contributed by atoms with van der Waals surface area (Å²) in [6.07, 6.45) is 0. The Bertz CT molecular complexity index is 897. The molecule has 0 unspecified atom stereocenters. The van der Waals surface area contributed by atoms with Crippen LogP contribution in [0.25, 0.3) is 0 Å². The van der Waals surface area contributed by atoms with Crippen molar-refractivity contribution >= 4 is 17.2 Å². The fourth-order valence-electron chi connectivity index (χ4n) is 2.99. The predicted octanol–water partition coefficient (Wildman–Crippen LogP) is 3.47. The van der Waals surface area contributed by atoms with Gasteiger partial charge in [-0.3, -0.25) is 10.1 Å². The first-order valence-corrected chi connectivity index (χ1v) is 9.64. The van der Waals surface area contributed by atoms with Crippen molar-refractivity contribution in [2.24, 2.45) is 0 Å². The highest BCUT2D eigenvalue weighted by molar-refractivity contribution is 7.10. The predicted molar refractivity (Wildman–Crippen MR) is 105 cm³/mol. The van der Waals surface area contributed by atoms with E-state index in [1.165, 1.54) is 4.88 Å². The zero-order valence-corrected chi connectivity index (χ0v) is 15.5. The van der Waals surface area contributed by atoms with Gasteiger partial charge in [0.2, 0.25) is 12.7 Å². The molecule has 2 heterocycles. The molecule has 2 aromatic carbocycles. The van der Waals surface area contributed by atoms with Crippen LogP contribution in [0.4, 0.5) is 0 Å². The van der Waals surface area contributed by atoms with Crippen molar-refractivity contribution in [3.63, 3.8) is 0 Å². The summed E-state index contributed by atoms with van der Waals surface area (Å²) in [7, 11) is 0. The SMILES string of the molecule is O=C(CN[C@@H](c1ccccc1)c1cccs1)NCc1ccc2c(c1)OCO2. The second kappa shape index (κ2) is 8.24. The van der Waals surface area contributed by atoms with Gasteiger partial charge < -0.3 is 14.8 Å². The Kier molecular flexibility index (Phi) is 5.37. The smallest absolute Gasteiger partial charge is 0.234 e. The summed E-state index contributed by atoms with van der Waals surface area (Å²) in [5, 5.41) is 8.37. The third-order valence-corrected chi connectivity index (χ3v) is 5.29. The van der Waals surface area contributed by atoms with E-state index in [1.807, 2.05) is 47.8 Å². The number of hydrogen-bond donors (Lipinski definition) is 2. The van der Waals surface area contributed by atoms with Gasteiger partial charge in [0.1, 0.15) is 0 Å². The van der Waals surface area contributed by atoms with E-state index in [4.69, 9.17) is 9.47 Å². The number of amides is 1. The number of benzene rings is 2. The highest BCUT2D eigenvalue weighted by Gasteiger charge is 2.16. The molecule has 1 amide bonds. The molecular weight excluding hydrogens is 360 g/mol. The third-order valence-electron chi connectivity index (χ3n) is 4.35. The summed E-state index contributed by atoms with van der Waals surface area (Å²) >= 11 is 1.68. The van der Waals surface area contributed by atoms with E-state index in [0.717, 1.165) is 22.6 Å². The van der Waals surface area contributed by atoms with E-state index in [-0.39, 0.29) is 25.3 Å². The lowest BCUT2D eigenvalue weighted by molar-refractivity contribution is -0.120. The van der Waals surface area contributed by atoms with Crippen molar-refractivity contribution < 1.29 is 14.3 Å². The van der Waals surface area contributed by atoms with Crippen molar-refractivity contribution in [3.05, 3.63) is 82.0 Å². The third kappa shape index (κ3) is 4.30. The molecule has 1 aliphatic rings. The van der Waals surface area contributed by atoms with Crippen molar-refractivity contribution in [1.82, 2.24) is 10.6 Å². The molecule has 3 aromatic rings. The number of carbonyl (C=O) groups excluding carboxylic acids is 1. The number of fused-ring (bicyclic) bond motifs is 1. The van der Waals surface area contributed by atoms with Crippen LogP contribution in [-0.2, 0) is 11.3 Å². The number of thiophene rings is 1. The lowest BCUT2D eigenvalue weighted by atomic mass is 10.1. The molecule has 2 N–H and O–H groups in total. The molecule has 0 saturated heterocycles. The van der Waals surface area contributed by atoms with E-state index < -0.39 is 0 Å². The summed E-state index contributed by atoms with van der Waals surface area (Å²) in [6.45, 7) is 0.937. The lowest BCUT2D eigenvalue weighted by Crippen LogP contribution is -2.35. The van der Waals surface area contributed by atoms with E-state index >= 15 is 0 Å². The molecule has 0 fully saturated rings. The molecule has 6 heteroatoms. The van der Waals surface area contributed by atoms with Crippen molar-refractivity contribution in [2.45, 2.75) is 12.6 Å². The van der Waals surface area contributed by atoms with Gasteiger partial charge in [-0.25, -0.2) is 0 Å². The standard InChI is InChI=1S/C21H20N2O3S/c24-20(22-12-15-8-9-17-18(11-15)26-14-25-17)13-23-21(19-7-4-10-27-19)16-5-2-1-3-6-16/h1-11,21,23H,12-14H2,(H,22,24)/t21-/m0/s1. The first-order valence-electron chi connectivity index (χ1n) is 8.76. The van der Waals surface area contributed by atoms with Crippen LogP contribution in [0, 0.1) is 0 Å². The summed E-state index contributed by atoms with van der Waals surface area (Å²) in [4.78, 5) is 13.5. The molecule has 0 saturated carbocycles. The number of hydrogen-bond acceptors (Lipinski definition) is 5. The van der Waals surface area contributed by atoms with E-state index in [0.29, 0.717) is 6.54 Å². The van der Waals surface area contributed by atoms with Gasteiger partial charge in [0.15, 0.2) is 11.5 Å². The summed E-state index contributed by atoms with van der Waals surface area (Å²) in [6, 6.07) is 20.0. The van der Waals surface area contributed by atoms with E-state index in [9.17, 15) is 4.79 Å². The van der Waals surface area contributed by atoms with E-state index in [1.54, 1.807) is 11.3 Å². The van der Waals surface area contributed by atoms with Gasteiger partial charge in [0.05, 0.1) is 12.6 Å². The highest BCUT2D eigenvalue weighted by Crippen LogP contribution is 2.32.